The highest BCUT2D eigenvalue weighted by Gasteiger charge is 2.28. The molecule has 0 spiro atoms. The van der Waals surface area contributed by atoms with Gasteiger partial charge in [0.15, 0.2) is 5.82 Å². The third kappa shape index (κ3) is 3.71. The first kappa shape index (κ1) is 17.0. The van der Waals surface area contributed by atoms with Crippen LogP contribution >= 0.6 is 0 Å². The third-order valence-electron chi connectivity index (χ3n) is 5.59. The number of amides is 1. The molecule has 1 aliphatic carbocycles. The number of piperazine rings is 1. The first-order chi connectivity index (χ1) is 12.8. The largest absolute Gasteiger partial charge is 0.352 e. The SMILES string of the molecule is O=C(C1CCCCC1)N1CCN(c2ccc(-c3ccccc3)nn2)CC1. The van der Waals surface area contributed by atoms with Gasteiger partial charge in [0, 0.05) is 37.7 Å². The second-order valence-corrected chi connectivity index (χ2v) is 7.29. The zero-order valence-electron chi connectivity index (χ0n) is 15.2. The molecule has 1 saturated heterocycles. The molecule has 4 rings (SSSR count). The molecular formula is C21H26N4O. The number of benzene rings is 1. The molecule has 136 valence electrons. The van der Waals surface area contributed by atoms with E-state index >= 15 is 0 Å². The van der Waals surface area contributed by atoms with Gasteiger partial charge in [0.05, 0.1) is 5.69 Å². The lowest BCUT2D eigenvalue weighted by Crippen LogP contribution is -2.50. The molecule has 0 radical (unpaired) electrons. The van der Waals surface area contributed by atoms with E-state index in [2.05, 4.69) is 20.0 Å². The number of nitrogens with zero attached hydrogens (tertiary/aromatic N) is 4. The molecule has 0 atom stereocenters. The number of aromatic nitrogens is 2. The highest BCUT2D eigenvalue weighted by atomic mass is 16.2. The molecule has 1 saturated carbocycles. The van der Waals surface area contributed by atoms with Crippen LogP contribution in [0.4, 0.5) is 5.82 Å². The Hall–Kier alpha value is -2.43. The van der Waals surface area contributed by atoms with E-state index in [9.17, 15) is 4.79 Å². The molecule has 1 aromatic heterocycles. The second-order valence-electron chi connectivity index (χ2n) is 7.29. The quantitative estimate of drug-likeness (QED) is 0.851. The topological polar surface area (TPSA) is 49.3 Å². The number of carbonyl (C=O) groups is 1. The van der Waals surface area contributed by atoms with Crippen LogP contribution in [0.15, 0.2) is 42.5 Å². The van der Waals surface area contributed by atoms with E-state index in [-0.39, 0.29) is 5.92 Å². The van der Waals surface area contributed by atoms with Crippen molar-refractivity contribution in [3.05, 3.63) is 42.5 Å². The van der Waals surface area contributed by atoms with Gasteiger partial charge in [0.1, 0.15) is 0 Å². The van der Waals surface area contributed by atoms with Crippen molar-refractivity contribution < 1.29 is 4.79 Å². The molecule has 2 aliphatic rings. The zero-order chi connectivity index (χ0) is 17.8. The van der Waals surface area contributed by atoms with Gasteiger partial charge in [-0.1, -0.05) is 49.6 Å². The van der Waals surface area contributed by atoms with Gasteiger partial charge in [-0.25, -0.2) is 0 Å². The zero-order valence-corrected chi connectivity index (χ0v) is 15.2. The molecule has 26 heavy (non-hydrogen) atoms. The molecule has 0 N–H and O–H groups in total. The summed E-state index contributed by atoms with van der Waals surface area (Å²) in [7, 11) is 0. The van der Waals surface area contributed by atoms with Crippen LogP contribution in [-0.2, 0) is 4.79 Å². The van der Waals surface area contributed by atoms with Gasteiger partial charge in [-0.2, -0.15) is 0 Å². The maximum absolute atomic E-state index is 12.7. The van der Waals surface area contributed by atoms with Crippen LogP contribution in [-0.4, -0.2) is 47.2 Å². The van der Waals surface area contributed by atoms with Gasteiger partial charge in [0.2, 0.25) is 5.91 Å². The molecule has 5 nitrogen and oxygen atoms in total. The molecule has 1 aromatic carbocycles. The Balaban J connectivity index is 1.35. The summed E-state index contributed by atoms with van der Waals surface area (Å²) in [6.45, 7) is 3.24. The first-order valence-corrected chi connectivity index (χ1v) is 9.74. The van der Waals surface area contributed by atoms with Crippen molar-refractivity contribution in [1.29, 1.82) is 0 Å². The van der Waals surface area contributed by atoms with E-state index in [1.165, 1.54) is 19.3 Å². The predicted octanol–water partition coefficient (Wildman–Crippen LogP) is 3.37. The summed E-state index contributed by atoms with van der Waals surface area (Å²) in [4.78, 5) is 17.0. The van der Waals surface area contributed by atoms with Gasteiger partial charge < -0.3 is 9.80 Å². The molecule has 5 heteroatoms. The number of hydrogen-bond donors (Lipinski definition) is 0. The van der Waals surface area contributed by atoms with Gasteiger partial charge in [-0.3, -0.25) is 4.79 Å². The van der Waals surface area contributed by atoms with E-state index in [1.54, 1.807) is 0 Å². The van der Waals surface area contributed by atoms with Crippen LogP contribution in [0.1, 0.15) is 32.1 Å². The Morgan fingerprint density at radius 2 is 1.58 bits per heavy atom. The van der Waals surface area contributed by atoms with E-state index in [0.717, 1.165) is 56.1 Å². The summed E-state index contributed by atoms with van der Waals surface area (Å²) in [5.74, 6) is 1.53. The van der Waals surface area contributed by atoms with Crippen molar-refractivity contribution in [3.63, 3.8) is 0 Å². The van der Waals surface area contributed by atoms with Crippen LogP contribution in [0, 0.1) is 5.92 Å². The molecular weight excluding hydrogens is 324 g/mol. The van der Waals surface area contributed by atoms with Gasteiger partial charge >= 0.3 is 0 Å². The Morgan fingerprint density at radius 1 is 0.846 bits per heavy atom. The Bertz CT molecular complexity index is 717. The molecule has 2 fully saturated rings. The summed E-state index contributed by atoms with van der Waals surface area (Å²) in [5, 5.41) is 8.79. The second kappa shape index (κ2) is 7.85. The number of anilines is 1. The van der Waals surface area contributed by atoms with Crippen LogP contribution in [0.5, 0.6) is 0 Å². The van der Waals surface area contributed by atoms with Crippen LogP contribution < -0.4 is 4.90 Å². The average molecular weight is 350 g/mol. The molecule has 1 aliphatic heterocycles. The van der Waals surface area contributed by atoms with E-state index < -0.39 is 0 Å². The average Bonchev–Trinajstić information content (AvgIpc) is 2.75. The van der Waals surface area contributed by atoms with E-state index in [0.29, 0.717) is 5.91 Å². The maximum atomic E-state index is 12.7. The highest BCUT2D eigenvalue weighted by Crippen LogP contribution is 2.26. The van der Waals surface area contributed by atoms with Gasteiger partial charge in [0.25, 0.3) is 0 Å². The summed E-state index contributed by atoms with van der Waals surface area (Å²) in [6, 6.07) is 14.2. The number of carbonyl (C=O) groups excluding carboxylic acids is 1. The van der Waals surface area contributed by atoms with E-state index in [4.69, 9.17) is 0 Å². The van der Waals surface area contributed by atoms with Crippen molar-refractivity contribution in [3.8, 4) is 11.3 Å². The minimum absolute atomic E-state index is 0.264. The fourth-order valence-electron chi connectivity index (χ4n) is 4.02. The maximum Gasteiger partial charge on any atom is 0.225 e. The standard InChI is InChI=1S/C21H26N4O/c26-21(18-9-5-2-6-10-18)25-15-13-24(14-16-25)20-12-11-19(22-23-20)17-7-3-1-4-8-17/h1,3-4,7-8,11-12,18H,2,5-6,9-10,13-16H2. The lowest BCUT2D eigenvalue weighted by Gasteiger charge is -2.37. The van der Waals surface area contributed by atoms with Crippen LogP contribution in [0.25, 0.3) is 11.3 Å². The van der Waals surface area contributed by atoms with Crippen molar-refractivity contribution in [2.45, 2.75) is 32.1 Å². The Morgan fingerprint density at radius 3 is 2.23 bits per heavy atom. The summed E-state index contributed by atoms with van der Waals surface area (Å²) in [6.07, 6.45) is 5.85. The van der Waals surface area contributed by atoms with Crippen LogP contribution in [0.2, 0.25) is 0 Å². The minimum Gasteiger partial charge on any atom is -0.352 e. The minimum atomic E-state index is 0.264. The highest BCUT2D eigenvalue weighted by molar-refractivity contribution is 5.79. The van der Waals surface area contributed by atoms with E-state index in [1.807, 2.05) is 42.5 Å². The monoisotopic (exact) mass is 350 g/mol. The molecule has 2 aromatic rings. The Labute approximate surface area is 155 Å². The fraction of sp³-hybridized carbons (Fsp3) is 0.476. The molecule has 0 bridgehead atoms. The van der Waals surface area contributed by atoms with Crippen LogP contribution in [0.3, 0.4) is 0 Å². The van der Waals surface area contributed by atoms with Crippen molar-refractivity contribution in [1.82, 2.24) is 15.1 Å². The number of rotatable bonds is 3. The summed E-state index contributed by atoms with van der Waals surface area (Å²) < 4.78 is 0. The van der Waals surface area contributed by atoms with Crippen molar-refractivity contribution >= 4 is 11.7 Å². The predicted molar refractivity (Wildman–Crippen MR) is 103 cm³/mol. The fourth-order valence-corrected chi connectivity index (χ4v) is 4.02. The molecule has 0 unspecified atom stereocenters. The lowest BCUT2D eigenvalue weighted by molar-refractivity contribution is -0.136. The Kier molecular flexibility index (Phi) is 5.14. The third-order valence-corrected chi connectivity index (χ3v) is 5.59. The smallest absolute Gasteiger partial charge is 0.225 e. The number of hydrogen-bond acceptors (Lipinski definition) is 4. The lowest BCUT2D eigenvalue weighted by atomic mass is 9.88. The van der Waals surface area contributed by atoms with Gasteiger partial charge in [-0.15, -0.1) is 10.2 Å². The molecule has 2 heterocycles. The molecule has 1 amide bonds. The normalized spacial score (nSPS) is 18.8. The summed E-state index contributed by atoms with van der Waals surface area (Å²) in [5.41, 5.74) is 1.97. The summed E-state index contributed by atoms with van der Waals surface area (Å²) >= 11 is 0. The van der Waals surface area contributed by atoms with Crippen molar-refractivity contribution in [2.75, 3.05) is 31.1 Å². The van der Waals surface area contributed by atoms with Gasteiger partial charge in [-0.05, 0) is 25.0 Å². The first-order valence-electron chi connectivity index (χ1n) is 9.74. The van der Waals surface area contributed by atoms with Crippen molar-refractivity contribution in [2.24, 2.45) is 5.92 Å².